The number of rotatable bonds is 4. The Morgan fingerprint density at radius 1 is 1.33 bits per heavy atom. The van der Waals surface area contributed by atoms with Crippen LogP contribution in [0.5, 0.6) is 0 Å². The third-order valence-electron chi connectivity index (χ3n) is 3.40. The molecule has 21 heavy (non-hydrogen) atoms. The highest BCUT2D eigenvalue weighted by Gasteiger charge is 2.41. The Morgan fingerprint density at radius 3 is 2.43 bits per heavy atom. The monoisotopic (exact) mass is 320 g/mol. The molecular formula is C13H18F2N2O3S. The second kappa shape index (κ2) is 5.96. The first-order chi connectivity index (χ1) is 9.73. The SMILES string of the molecule is CN(C)CC1CC(O)CN1S(=O)(=O)c1c(F)cccc1F. The van der Waals surface area contributed by atoms with E-state index in [1.165, 1.54) is 0 Å². The van der Waals surface area contributed by atoms with E-state index in [9.17, 15) is 22.3 Å². The maximum atomic E-state index is 13.8. The van der Waals surface area contributed by atoms with Gasteiger partial charge in [0.25, 0.3) is 0 Å². The molecule has 0 radical (unpaired) electrons. The lowest BCUT2D eigenvalue weighted by Crippen LogP contribution is -2.41. The first-order valence-electron chi connectivity index (χ1n) is 6.52. The van der Waals surface area contributed by atoms with Crippen molar-refractivity contribution < 1.29 is 22.3 Å². The van der Waals surface area contributed by atoms with E-state index >= 15 is 0 Å². The standard InChI is InChI=1S/C13H18F2N2O3S/c1-16(2)7-9-6-10(18)8-17(9)21(19,20)13-11(14)4-3-5-12(13)15/h3-5,9-10,18H,6-8H2,1-2H3. The fourth-order valence-electron chi connectivity index (χ4n) is 2.59. The molecule has 2 atom stereocenters. The second-order valence-electron chi connectivity index (χ2n) is 5.43. The van der Waals surface area contributed by atoms with Crippen molar-refractivity contribution in [1.82, 2.24) is 9.21 Å². The van der Waals surface area contributed by atoms with Crippen molar-refractivity contribution in [3.05, 3.63) is 29.8 Å². The molecule has 1 N–H and O–H groups in total. The van der Waals surface area contributed by atoms with Crippen LogP contribution in [0, 0.1) is 11.6 Å². The Hall–Kier alpha value is -1.09. The third kappa shape index (κ3) is 3.23. The van der Waals surface area contributed by atoms with Crippen molar-refractivity contribution in [2.24, 2.45) is 0 Å². The quantitative estimate of drug-likeness (QED) is 0.885. The Balaban J connectivity index is 2.42. The van der Waals surface area contributed by atoms with Crippen molar-refractivity contribution in [2.45, 2.75) is 23.5 Å². The van der Waals surface area contributed by atoms with Crippen LogP contribution < -0.4 is 0 Å². The van der Waals surface area contributed by atoms with E-state index in [4.69, 9.17) is 0 Å². The van der Waals surface area contributed by atoms with E-state index in [2.05, 4.69) is 0 Å². The molecule has 1 aliphatic heterocycles. The molecule has 0 amide bonds. The summed E-state index contributed by atoms with van der Waals surface area (Å²) in [4.78, 5) is 0.811. The maximum Gasteiger partial charge on any atom is 0.249 e. The molecule has 1 fully saturated rings. The van der Waals surface area contributed by atoms with Crippen LogP contribution in [0.3, 0.4) is 0 Å². The number of aliphatic hydroxyl groups excluding tert-OH is 1. The minimum absolute atomic E-state index is 0.158. The lowest BCUT2D eigenvalue weighted by Gasteiger charge is -2.26. The Bertz CT molecular complexity index is 602. The average Bonchev–Trinajstić information content (AvgIpc) is 2.69. The Kier molecular flexibility index (Phi) is 4.62. The lowest BCUT2D eigenvalue weighted by atomic mass is 10.2. The largest absolute Gasteiger partial charge is 0.392 e. The van der Waals surface area contributed by atoms with Crippen LogP contribution in [0.25, 0.3) is 0 Å². The molecule has 1 aromatic carbocycles. The van der Waals surface area contributed by atoms with Gasteiger partial charge in [0.1, 0.15) is 11.6 Å². The van der Waals surface area contributed by atoms with Crippen LogP contribution >= 0.6 is 0 Å². The van der Waals surface area contributed by atoms with Gasteiger partial charge in [0, 0.05) is 19.1 Å². The highest BCUT2D eigenvalue weighted by molar-refractivity contribution is 7.89. The molecule has 8 heteroatoms. The molecule has 0 spiro atoms. The van der Waals surface area contributed by atoms with Crippen molar-refractivity contribution >= 4 is 10.0 Å². The molecule has 0 aliphatic carbocycles. The van der Waals surface area contributed by atoms with Crippen LogP contribution in [0.1, 0.15) is 6.42 Å². The summed E-state index contributed by atoms with van der Waals surface area (Å²) in [6.07, 6.45) is -0.590. The number of sulfonamides is 1. The molecular weight excluding hydrogens is 302 g/mol. The van der Waals surface area contributed by atoms with Gasteiger partial charge in [-0.15, -0.1) is 0 Å². The van der Waals surface area contributed by atoms with Crippen LogP contribution in [0.2, 0.25) is 0 Å². The van der Waals surface area contributed by atoms with E-state index in [-0.39, 0.29) is 13.0 Å². The fourth-order valence-corrected chi connectivity index (χ4v) is 4.37. The second-order valence-corrected chi connectivity index (χ2v) is 7.26. The molecule has 1 saturated heterocycles. The molecule has 1 aliphatic rings. The third-order valence-corrected chi connectivity index (χ3v) is 5.37. The van der Waals surface area contributed by atoms with E-state index < -0.39 is 38.7 Å². The van der Waals surface area contributed by atoms with Crippen LogP contribution in [0.15, 0.2) is 23.1 Å². The van der Waals surface area contributed by atoms with Gasteiger partial charge in [0.2, 0.25) is 10.0 Å². The van der Waals surface area contributed by atoms with E-state index in [1.807, 2.05) is 0 Å². The summed E-state index contributed by atoms with van der Waals surface area (Å²) in [5.41, 5.74) is 0. The molecule has 2 unspecified atom stereocenters. The van der Waals surface area contributed by atoms with Gasteiger partial charge in [-0.1, -0.05) is 6.07 Å². The number of benzene rings is 1. The zero-order chi connectivity index (χ0) is 15.8. The molecule has 5 nitrogen and oxygen atoms in total. The topological polar surface area (TPSA) is 60.9 Å². The number of halogens is 2. The van der Waals surface area contributed by atoms with Gasteiger partial charge in [-0.3, -0.25) is 0 Å². The first kappa shape index (κ1) is 16.3. The van der Waals surface area contributed by atoms with Crippen LogP contribution in [-0.4, -0.2) is 62.1 Å². The minimum atomic E-state index is -4.33. The summed E-state index contributed by atoms with van der Waals surface area (Å²) < 4.78 is 53.6. The number of β-amino-alcohol motifs (C(OH)–C–C–N with tert-alkyl or cyclic N) is 1. The van der Waals surface area contributed by atoms with Crippen LogP contribution in [-0.2, 0) is 10.0 Å². The van der Waals surface area contributed by atoms with Crippen molar-refractivity contribution in [1.29, 1.82) is 0 Å². The van der Waals surface area contributed by atoms with Crippen molar-refractivity contribution in [2.75, 3.05) is 27.2 Å². The number of nitrogens with zero attached hydrogens (tertiary/aromatic N) is 2. The van der Waals surface area contributed by atoms with Gasteiger partial charge < -0.3 is 10.0 Å². The molecule has 2 rings (SSSR count). The number of hydrogen-bond acceptors (Lipinski definition) is 4. The zero-order valence-corrected chi connectivity index (χ0v) is 12.6. The van der Waals surface area contributed by atoms with Crippen molar-refractivity contribution in [3.8, 4) is 0 Å². The highest BCUT2D eigenvalue weighted by atomic mass is 32.2. The zero-order valence-electron chi connectivity index (χ0n) is 11.8. The summed E-state index contributed by atoms with van der Waals surface area (Å²) >= 11 is 0. The van der Waals surface area contributed by atoms with Gasteiger partial charge >= 0.3 is 0 Å². The highest BCUT2D eigenvalue weighted by Crippen LogP contribution is 2.29. The average molecular weight is 320 g/mol. The van der Waals surface area contributed by atoms with E-state index in [0.717, 1.165) is 22.5 Å². The first-order valence-corrected chi connectivity index (χ1v) is 7.96. The van der Waals surface area contributed by atoms with E-state index in [0.29, 0.717) is 6.54 Å². The summed E-state index contributed by atoms with van der Waals surface area (Å²) in [6, 6.07) is 2.41. The molecule has 118 valence electrons. The molecule has 0 bridgehead atoms. The number of hydrogen-bond donors (Lipinski definition) is 1. The Morgan fingerprint density at radius 2 is 1.90 bits per heavy atom. The molecule has 1 aromatic rings. The van der Waals surface area contributed by atoms with Crippen molar-refractivity contribution in [3.63, 3.8) is 0 Å². The van der Waals surface area contributed by atoms with Gasteiger partial charge in [0.15, 0.2) is 4.90 Å². The number of aliphatic hydroxyl groups is 1. The van der Waals surface area contributed by atoms with Gasteiger partial charge in [-0.25, -0.2) is 17.2 Å². The smallest absolute Gasteiger partial charge is 0.249 e. The minimum Gasteiger partial charge on any atom is -0.392 e. The van der Waals surface area contributed by atoms with Gasteiger partial charge in [-0.05, 0) is 32.6 Å². The summed E-state index contributed by atoms with van der Waals surface area (Å²) in [5, 5.41) is 9.72. The van der Waals surface area contributed by atoms with Crippen LogP contribution in [0.4, 0.5) is 8.78 Å². The van der Waals surface area contributed by atoms with Gasteiger partial charge in [0.05, 0.1) is 6.10 Å². The van der Waals surface area contributed by atoms with Gasteiger partial charge in [-0.2, -0.15) is 4.31 Å². The number of likely N-dealkylation sites (N-methyl/N-ethyl adjacent to an activating group) is 1. The normalized spacial score (nSPS) is 23.9. The molecule has 1 heterocycles. The van der Waals surface area contributed by atoms with E-state index in [1.54, 1.807) is 19.0 Å². The lowest BCUT2D eigenvalue weighted by molar-refractivity contribution is 0.188. The Labute approximate surface area is 122 Å². The molecule has 0 saturated carbocycles. The predicted octanol–water partition coefficient (Wildman–Crippen LogP) is 0.650. The molecule has 0 aromatic heterocycles. The maximum absolute atomic E-state index is 13.8. The fraction of sp³-hybridized carbons (Fsp3) is 0.538. The summed E-state index contributed by atoms with van der Waals surface area (Å²) in [6.45, 7) is 0.209. The predicted molar refractivity (Wildman–Crippen MR) is 73.2 cm³/mol. The summed E-state index contributed by atoms with van der Waals surface area (Å²) in [5.74, 6) is -2.25. The summed E-state index contributed by atoms with van der Waals surface area (Å²) in [7, 11) is -0.805.